The summed E-state index contributed by atoms with van der Waals surface area (Å²) < 4.78 is 27.0. The van der Waals surface area contributed by atoms with Crippen molar-refractivity contribution in [1.82, 2.24) is 9.55 Å². The number of para-hydroxylation sites is 2. The normalized spacial score (nSPS) is 17.2. The van der Waals surface area contributed by atoms with E-state index < -0.39 is 6.17 Å². The first-order valence-corrected chi connectivity index (χ1v) is 11.1. The molecule has 0 saturated carbocycles. The van der Waals surface area contributed by atoms with Gasteiger partial charge in [-0.15, -0.1) is 0 Å². The highest BCUT2D eigenvalue weighted by molar-refractivity contribution is 5.97. The third kappa shape index (κ3) is 4.62. The van der Waals surface area contributed by atoms with Crippen LogP contribution in [0, 0.1) is 0 Å². The fourth-order valence-corrected chi connectivity index (χ4v) is 4.21. The predicted octanol–water partition coefficient (Wildman–Crippen LogP) is 5.28. The van der Waals surface area contributed by atoms with Gasteiger partial charge in [0, 0.05) is 36.8 Å². The molecule has 3 heterocycles. The highest BCUT2D eigenvalue weighted by Gasteiger charge is 2.18. The highest BCUT2D eigenvalue weighted by Crippen LogP contribution is 2.30. The van der Waals surface area contributed by atoms with Gasteiger partial charge in [0.25, 0.3) is 5.56 Å². The van der Waals surface area contributed by atoms with Gasteiger partial charge in [0.05, 0.1) is 30.2 Å². The lowest BCUT2D eigenvalue weighted by atomic mass is 10.0. The minimum absolute atomic E-state index is 0.148. The molecule has 1 aliphatic carbocycles. The molecule has 0 amide bonds. The molecule has 176 valence electrons. The van der Waals surface area contributed by atoms with E-state index in [-0.39, 0.29) is 11.4 Å². The Labute approximate surface area is 195 Å². The van der Waals surface area contributed by atoms with Crippen LogP contribution in [0.2, 0.25) is 0 Å². The summed E-state index contributed by atoms with van der Waals surface area (Å²) in [6.07, 6.45) is 6.61. The Balaban J connectivity index is 0.000000231. The number of hydrogen-bond acceptors (Lipinski definition) is 4. The Morgan fingerprint density at radius 3 is 2.76 bits per heavy atom. The molecule has 2 aliphatic rings. The molecule has 8 heteroatoms. The van der Waals surface area contributed by atoms with Gasteiger partial charge in [0.2, 0.25) is 0 Å². The number of aldehydes is 1. The number of hydrogen-bond donors (Lipinski definition) is 1. The third-order valence-corrected chi connectivity index (χ3v) is 5.99. The molecule has 0 saturated heterocycles. The number of alkyl halides is 1. The fraction of sp³-hybridized carbons (Fsp3) is 0.269. The summed E-state index contributed by atoms with van der Waals surface area (Å²) >= 11 is 0. The van der Waals surface area contributed by atoms with Crippen LogP contribution in [-0.4, -0.2) is 41.3 Å². The summed E-state index contributed by atoms with van der Waals surface area (Å²) in [4.78, 5) is 33.3. The number of aromatic nitrogens is 2. The van der Waals surface area contributed by atoms with E-state index in [0.29, 0.717) is 48.0 Å². The standard InChI is InChI=1S/C18H16N4O2.C8H10F2/c1-21-9-13(20-15-4-2-3-5-16(15)21)10-22-7-6-14-12(11-23)8-19-17(14)18(22)24;1-2-6-7(9)4-3-5-8(6)10/h2-8,11,19H,9-10H2,1H3;3-4,8H,2,5H2,1H3. The number of aliphatic imine (C=N–C) groups is 1. The first-order chi connectivity index (χ1) is 16.4. The first kappa shape index (κ1) is 23.4. The van der Waals surface area contributed by atoms with Crippen molar-refractivity contribution in [2.45, 2.75) is 32.5 Å². The van der Waals surface area contributed by atoms with Crippen LogP contribution in [0.4, 0.5) is 20.2 Å². The van der Waals surface area contributed by atoms with E-state index in [9.17, 15) is 18.4 Å². The first-order valence-electron chi connectivity index (χ1n) is 11.1. The third-order valence-electron chi connectivity index (χ3n) is 5.99. The van der Waals surface area contributed by atoms with E-state index in [4.69, 9.17) is 0 Å². The molecule has 2 aromatic heterocycles. The van der Waals surface area contributed by atoms with Crippen LogP contribution in [0.15, 0.2) is 76.1 Å². The van der Waals surface area contributed by atoms with Gasteiger partial charge in [-0.2, -0.15) is 0 Å². The number of nitrogens with one attached hydrogen (secondary N) is 1. The molecule has 1 atom stereocenters. The molecular weight excluding hydrogens is 438 g/mol. The summed E-state index contributed by atoms with van der Waals surface area (Å²) in [6, 6.07) is 9.74. The van der Waals surface area contributed by atoms with Gasteiger partial charge in [-0.25, -0.2) is 8.78 Å². The molecule has 5 rings (SSSR count). The summed E-state index contributed by atoms with van der Waals surface area (Å²) in [5.41, 5.74) is 4.03. The second kappa shape index (κ2) is 9.99. The lowest BCUT2D eigenvalue weighted by Crippen LogP contribution is -2.33. The van der Waals surface area contributed by atoms with Crippen molar-refractivity contribution in [2.24, 2.45) is 4.99 Å². The molecular formula is C26H26F2N4O2. The van der Waals surface area contributed by atoms with Crippen LogP contribution in [0.25, 0.3) is 10.9 Å². The van der Waals surface area contributed by atoms with E-state index >= 15 is 0 Å². The Bertz CT molecular complexity index is 1370. The van der Waals surface area contributed by atoms with Crippen molar-refractivity contribution >= 4 is 34.3 Å². The summed E-state index contributed by atoms with van der Waals surface area (Å²) in [7, 11) is 2.01. The van der Waals surface area contributed by atoms with Gasteiger partial charge in [-0.3, -0.25) is 14.6 Å². The molecule has 1 N–H and O–H groups in total. The Hall–Kier alpha value is -3.81. The highest BCUT2D eigenvalue weighted by atomic mass is 19.1. The zero-order valence-electron chi connectivity index (χ0n) is 19.1. The van der Waals surface area contributed by atoms with Crippen LogP contribution < -0.4 is 10.5 Å². The van der Waals surface area contributed by atoms with Crippen molar-refractivity contribution in [3.8, 4) is 0 Å². The monoisotopic (exact) mass is 464 g/mol. The second-order valence-electron chi connectivity index (χ2n) is 8.25. The molecule has 1 unspecified atom stereocenters. The largest absolute Gasteiger partial charge is 0.367 e. The van der Waals surface area contributed by atoms with Crippen LogP contribution >= 0.6 is 0 Å². The van der Waals surface area contributed by atoms with Crippen molar-refractivity contribution in [1.29, 1.82) is 0 Å². The van der Waals surface area contributed by atoms with Crippen molar-refractivity contribution in [3.05, 3.63) is 82.2 Å². The maximum absolute atomic E-state index is 12.7. The number of fused-ring (bicyclic) bond motifs is 2. The molecule has 1 aromatic carbocycles. The molecule has 3 aromatic rings. The number of nitrogens with zero attached hydrogens (tertiary/aromatic N) is 3. The quantitative estimate of drug-likeness (QED) is 0.534. The van der Waals surface area contributed by atoms with Crippen molar-refractivity contribution in [3.63, 3.8) is 0 Å². The minimum Gasteiger partial charge on any atom is -0.367 e. The van der Waals surface area contributed by atoms with Crippen LogP contribution in [0.1, 0.15) is 30.1 Å². The maximum Gasteiger partial charge on any atom is 0.275 e. The maximum atomic E-state index is 12.7. The van der Waals surface area contributed by atoms with Gasteiger partial charge in [0.15, 0.2) is 6.29 Å². The zero-order valence-corrected chi connectivity index (χ0v) is 19.1. The van der Waals surface area contributed by atoms with E-state index in [2.05, 4.69) is 14.9 Å². The zero-order chi connectivity index (χ0) is 24.2. The molecule has 6 nitrogen and oxygen atoms in total. The Kier molecular flexibility index (Phi) is 6.86. The molecule has 1 aliphatic heterocycles. The topological polar surface area (TPSA) is 70.5 Å². The molecule has 0 fully saturated rings. The van der Waals surface area contributed by atoms with Gasteiger partial charge < -0.3 is 14.5 Å². The Morgan fingerprint density at radius 2 is 2.06 bits per heavy atom. The van der Waals surface area contributed by atoms with Gasteiger partial charge in [-0.05, 0) is 36.3 Å². The number of allylic oxidation sites excluding steroid dienone is 4. The number of pyridine rings is 1. The molecule has 34 heavy (non-hydrogen) atoms. The SMILES string of the molecule is CCC1=C(F)C=CCC1F.CN1CC(Cn2ccc3c(C=O)c[nH]c3c2=O)=Nc2ccccc21. The number of carbonyl (C=O) groups excluding carboxylic acids is 1. The lowest BCUT2D eigenvalue weighted by Gasteiger charge is -2.26. The Morgan fingerprint density at radius 1 is 1.26 bits per heavy atom. The molecule has 0 bridgehead atoms. The number of halogens is 2. The fourth-order valence-electron chi connectivity index (χ4n) is 4.21. The smallest absolute Gasteiger partial charge is 0.275 e. The van der Waals surface area contributed by atoms with E-state index in [0.717, 1.165) is 23.4 Å². The molecule has 0 spiro atoms. The van der Waals surface area contributed by atoms with Crippen LogP contribution in [0.3, 0.4) is 0 Å². The molecule has 0 radical (unpaired) electrons. The number of carbonyl (C=O) groups is 1. The van der Waals surface area contributed by atoms with E-state index in [1.54, 1.807) is 30.0 Å². The number of anilines is 1. The number of benzene rings is 1. The van der Waals surface area contributed by atoms with E-state index in [1.807, 2.05) is 31.3 Å². The van der Waals surface area contributed by atoms with Gasteiger partial charge in [0.1, 0.15) is 17.5 Å². The van der Waals surface area contributed by atoms with Crippen molar-refractivity contribution in [2.75, 3.05) is 18.5 Å². The average Bonchev–Trinajstić information content (AvgIpc) is 3.26. The van der Waals surface area contributed by atoms with Crippen LogP contribution in [-0.2, 0) is 6.54 Å². The number of H-pyrrole nitrogens is 1. The van der Waals surface area contributed by atoms with Crippen molar-refractivity contribution < 1.29 is 13.6 Å². The minimum atomic E-state index is -1.09. The lowest BCUT2D eigenvalue weighted by molar-refractivity contribution is 0.112. The summed E-state index contributed by atoms with van der Waals surface area (Å²) in [5.74, 6) is -0.388. The predicted molar refractivity (Wildman–Crippen MR) is 132 cm³/mol. The van der Waals surface area contributed by atoms with Gasteiger partial charge >= 0.3 is 0 Å². The summed E-state index contributed by atoms with van der Waals surface area (Å²) in [5, 5.41) is 0.652. The van der Waals surface area contributed by atoms with Crippen LogP contribution in [0.5, 0.6) is 0 Å². The second-order valence-corrected chi connectivity index (χ2v) is 8.25. The number of rotatable bonds is 4. The summed E-state index contributed by atoms with van der Waals surface area (Å²) in [6.45, 7) is 2.86. The number of aromatic amines is 1. The van der Waals surface area contributed by atoms with E-state index in [1.165, 1.54) is 12.2 Å². The average molecular weight is 465 g/mol. The van der Waals surface area contributed by atoms with Gasteiger partial charge in [-0.1, -0.05) is 25.1 Å².